The molecule has 3 rings (SSSR count). The Bertz CT molecular complexity index is 1450. The number of nitrogens with zero attached hydrogens (tertiary/aromatic N) is 2. The Morgan fingerprint density at radius 3 is 1.48 bits per heavy atom. The lowest BCUT2D eigenvalue weighted by Gasteiger charge is -2.21. The largest absolute Gasteiger partial charge is 0.507 e. The summed E-state index contributed by atoms with van der Waals surface area (Å²) < 4.78 is 5.48. The molecule has 0 saturated carbocycles. The average molecular weight is 571 g/mol. The maximum Gasteiger partial charge on any atom is 0.127 e. The van der Waals surface area contributed by atoms with Crippen molar-refractivity contribution in [2.75, 3.05) is 7.11 Å². The lowest BCUT2D eigenvalue weighted by molar-refractivity contribution is 0.409. The highest BCUT2D eigenvalue weighted by Gasteiger charge is 2.18. The van der Waals surface area contributed by atoms with Crippen molar-refractivity contribution in [3.05, 3.63) is 75.8 Å². The third-order valence-corrected chi connectivity index (χ3v) is 7.04. The summed E-state index contributed by atoms with van der Waals surface area (Å²) in [5, 5.41) is 22.2. The molecule has 0 heterocycles. The van der Waals surface area contributed by atoms with Crippen LogP contribution in [0.4, 0.5) is 11.4 Å². The summed E-state index contributed by atoms with van der Waals surface area (Å²) in [6.45, 7) is 21.6. The van der Waals surface area contributed by atoms with Gasteiger partial charge in [-0.3, -0.25) is 9.98 Å². The zero-order valence-corrected chi connectivity index (χ0v) is 27.5. The fraction of sp³-hybridized carbons (Fsp3) is 0.459. The summed E-state index contributed by atoms with van der Waals surface area (Å²) >= 11 is 0. The molecule has 42 heavy (non-hydrogen) atoms. The van der Waals surface area contributed by atoms with Crippen molar-refractivity contribution in [2.24, 2.45) is 20.8 Å². The highest BCUT2D eigenvalue weighted by atomic mass is 16.5. The molecule has 0 amide bonds. The van der Waals surface area contributed by atoms with Crippen LogP contribution in [0.15, 0.2) is 52.4 Å². The minimum Gasteiger partial charge on any atom is -0.507 e. The predicted octanol–water partition coefficient (Wildman–Crippen LogP) is 10.0. The number of benzene rings is 3. The van der Waals surface area contributed by atoms with Crippen molar-refractivity contribution in [3.63, 3.8) is 0 Å². The van der Waals surface area contributed by atoms with Crippen LogP contribution in [-0.2, 0) is 12.8 Å². The molecule has 0 aliphatic rings. The van der Waals surface area contributed by atoms with E-state index in [4.69, 9.17) is 14.7 Å². The van der Waals surface area contributed by atoms with Gasteiger partial charge in [0, 0.05) is 29.6 Å². The highest BCUT2D eigenvalue weighted by molar-refractivity contribution is 5.90. The van der Waals surface area contributed by atoms with Crippen LogP contribution >= 0.6 is 0 Å². The first kappa shape index (κ1) is 32.9. The van der Waals surface area contributed by atoms with Gasteiger partial charge in [0.05, 0.1) is 18.5 Å². The molecule has 5 nitrogen and oxygen atoms in total. The number of aliphatic imine (C=N–C) groups is 2. The predicted molar refractivity (Wildman–Crippen MR) is 178 cm³/mol. The number of methoxy groups -OCH3 is 1. The second kappa shape index (κ2) is 13.1. The first-order valence-corrected chi connectivity index (χ1v) is 14.9. The molecule has 0 fully saturated rings. The minimum absolute atomic E-state index is 0.111. The molecular weight excluding hydrogens is 520 g/mol. The summed E-state index contributed by atoms with van der Waals surface area (Å²) in [4.78, 5) is 9.57. The van der Waals surface area contributed by atoms with E-state index in [9.17, 15) is 10.2 Å². The topological polar surface area (TPSA) is 74.4 Å². The number of phenols is 2. The zero-order valence-electron chi connectivity index (χ0n) is 27.5. The quantitative estimate of drug-likeness (QED) is 0.251. The van der Waals surface area contributed by atoms with E-state index in [2.05, 4.69) is 81.4 Å². The van der Waals surface area contributed by atoms with Crippen LogP contribution in [0.5, 0.6) is 17.2 Å². The first-order valence-electron chi connectivity index (χ1n) is 14.9. The van der Waals surface area contributed by atoms with Gasteiger partial charge in [0.1, 0.15) is 17.2 Å². The molecule has 0 aliphatic carbocycles. The van der Waals surface area contributed by atoms with E-state index in [0.717, 1.165) is 24.0 Å². The first-order chi connectivity index (χ1) is 19.5. The van der Waals surface area contributed by atoms with Gasteiger partial charge in [-0.1, -0.05) is 81.4 Å². The molecule has 3 aromatic carbocycles. The van der Waals surface area contributed by atoms with Crippen molar-refractivity contribution in [1.29, 1.82) is 0 Å². The normalized spacial score (nSPS) is 12.8. The van der Waals surface area contributed by atoms with E-state index < -0.39 is 0 Å². The Labute approximate surface area is 253 Å². The van der Waals surface area contributed by atoms with Crippen molar-refractivity contribution in [3.8, 4) is 17.2 Å². The Morgan fingerprint density at radius 1 is 0.667 bits per heavy atom. The van der Waals surface area contributed by atoms with Crippen molar-refractivity contribution in [2.45, 2.75) is 93.9 Å². The molecule has 0 saturated heterocycles. The average Bonchev–Trinajstić information content (AvgIpc) is 2.87. The van der Waals surface area contributed by atoms with Gasteiger partial charge < -0.3 is 14.9 Å². The van der Waals surface area contributed by atoms with Crippen molar-refractivity contribution >= 4 is 23.8 Å². The second-order valence-electron chi connectivity index (χ2n) is 14.4. The molecule has 0 bridgehead atoms. The van der Waals surface area contributed by atoms with E-state index in [1.165, 1.54) is 11.1 Å². The molecule has 3 aromatic rings. The molecule has 0 atom stereocenters. The van der Waals surface area contributed by atoms with Crippen LogP contribution in [0.3, 0.4) is 0 Å². The van der Waals surface area contributed by atoms with Gasteiger partial charge in [-0.25, -0.2) is 0 Å². The summed E-state index contributed by atoms with van der Waals surface area (Å²) in [7, 11) is 1.62. The lowest BCUT2D eigenvalue weighted by atomic mass is 9.85. The van der Waals surface area contributed by atoms with E-state index in [1.54, 1.807) is 19.5 Å². The SMILES string of the molecule is COc1ccc(N=Cc2cc(CC(C)(C)C)cc(C(C)C)c2O)c(N=Cc2cc(CC(C)(C)C)cc(C(C)C)c2O)c1. The summed E-state index contributed by atoms with van der Waals surface area (Å²) in [6, 6.07) is 13.8. The van der Waals surface area contributed by atoms with E-state index in [0.29, 0.717) is 28.3 Å². The van der Waals surface area contributed by atoms with Gasteiger partial charge in [0.15, 0.2) is 0 Å². The number of hydrogen-bond donors (Lipinski definition) is 2. The molecule has 0 radical (unpaired) electrons. The van der Waals surface area contributed by atoms with Crippen molar-refractivity contribution in [1.82, 2.24) is 0 Å². The Morgan fingerprint density at radius 2 is 1.10 bits per heavy atom. The fourth-order valence-electron chi connectivity index (χ4n) is 5.12. The maximum absolute atomic E-state index is 11.1. The van der Waals surface area contributed by atoms with Gasteiger partial charge >= 0.3 is 0 Å². The number of aromatic hydroxyl groups is 2. The molecule has 5 heteroatoms. The van der Waals surface area contributed by atoms with Crippen LogP contribution in [-0.4, -0.2) is 29.8 Å². The third-order valence-electron chi connectivity index (χ3n) is 7.04. The van der Waals surface area contributed by atoms with Crippen molar-refractivity contribution < 1.29 is 14.9 Å². The zero-order chi connectivity index (χ0) is 31.4. The number of hydrogen-bond acceptors (Lipinski definition) is 5. The molecule has 2 N–H and O–H groups in total. The summed E-state index contributed by atoms with van der Waals surface area (Å²) in [6.07, 6.45) is 5.20. The van der Waals surface area contributed by atoms with E-state index in [-0.39, 0.29) is 34.2 Å². The minimum atomic E-state index is 0.111. The molecule has 0 spiro atoms. The number of rotatable bonds is 9. The van der Waals surface area contributed by atoms with Gasteiger partial charge in [0.25, 0.3) is 0 Å². The monoisotopic (exact) mass is 570 g/mol. The van der Waals surface area contributed by atoms with Gasteiger partial charge in [-0.05, 0) is 82.0 Å². The van der Waals surface area contributed by atoms with Gasteiger partial charge in [0.2, 0.25) is 0 Å². The standard InChI is InChI=1S/C37H50N2O3/c1-23(2)30-16-25(19-36(5,6)7)14-27(34(30)40)21-38-32-13-12-29(42-11)18-33(32)39-22-28-15-26(20-37(8,9)10)17-31(24(3)4)35(28)41/h12-18,21-24,40-41H,19-20H2,1-11H3. The molecular formula is C37H50N2O3. The van der Waals surface area contributed by atoms with Crippen LogP contribution in [0, 0.1) is 10.8 Å². The van der Waals surface area contributed by atoms with E-state index >= 15 is 0 Å². The summed E-state index contributed by atoms with van der Waals surface area (Å²) in [5.41, 5.74) is 6.98. The fourth-order valence-corrected chi connectivity index (χ4v) is 5.12. The molecule has 0 unspecified atom stereocenters. The molecule has 226 valence electrons. The van der Waals surface area contributed by atoms with Crippen LogP contribution in [0.1, 0.15) is 114 Å². The number of phenolic OH excluding ortho intramolecular Hbond substituents is 2. The Hall–Kier alpha value is -3.60. The van der Waals surface area contributed by atoms with Crippen LogP contribution < -0.4 is 4.74 Å². The second-order valence-corrected chi connectivity index (χ2v) is 14.4. The van der Waals surface area contributed by atoms with Crippen LogP contribution in [0.25, 0.3) is 0 Å². The maximum atomic E-state index is 11.1. The lowest BCUT2D eigenvalue weighted by Crippen LogP contribution is -2.10. The molecule has 0 aromatic heterocycles. The smallest absolute Gasteiger partial charge is 0.127 e. The van der Waals surface area contributed by atoms with Gasteiger partial charge in [-0.2, -0.15) is 0 Å². The van der Waals surface area contributed by atoms with E-state index in [1.807, 2.05) is 30.3 Å². The highest BCUT2D eigenvalue weighted by Crippen LogP contribution is 2.36. The number of ether oxygens (including phenoxy) is 1. The Kier molecular flexibility index (Phi) is 10.3. The summed E-state index contributed by atoms with van der Waals surface area (Å²) in [5.74, 6) is 1.52. The van der Waals surface area contributed by atoms with Gasteiger partial charge in [-0.15, -0.1) is 0 Å². The van der Waals surface area contributed by atoms with Crippen LogP contribution in [0.2, 0.25) is 0 Å². The third kappa shape index (κ3) is 8.95. The molecule has 0 aliphatic heterocycles. The Balaban J connectivity index is 2.09.